The van der Waals surface area contributed by atoms with Gasteiger partial charge in [0.1, 0.15) is 5.82 Å². The Bertz CT molecular complexity index is 407. The minimum atomic E-state index is -0.570. The van der Waals surface area contributed by atoms with Crippen LogP contribution in [0.4, 0.5) is 4.39 Å². The van der Waals surface area contributed by atoms with Crippen LogP contribution in [0, 0.1) is 11.7 Å². The van der Waals surface area contributed by atoms with E-state index < -0.39 is 5.82 Å². The number of hydrogen-bond donors (Lipinski definition) is 2. The summed E-state index contributed by atoms with van der Waals surface area (Å²) >= 11 is 5.70. The van der Waals surface area contributed by atoms with Crippen molar-refractivity contribution in [1.82, 2.24) is 10.6 Å². The van der Waals surface area contributed by atoms with E-state index in [2.05, 4.69) is 10.6 Å². The molecule has 2 rings (SSSR count). The molecule has 1 saturated heterocycles. The van der Waals surface area contributed by atoms with E-state index in [0.29, 0.717) is 12.5 Å². The lowest BCUT2D eigenvalue weighted by molar-refractivity contribution is 0.0942. The number of amides is 1. The summed E-state index contributed by atoms with van der Waals surface area (Å²) in [7, 11) is 0. The lowest BCUT2D eigenvalue weighted by Gasteiger charge is -2.27. The first kappa shape index (κ1) is 11.4. The number of halogens is 2. The van der Waals surface area contributed by atoms with E-state index >= 15 is 0 Å². The van der Waals surface area contributed by atoms with E-state index in [1.807, 2.05) is 0 Å². The zero-order valence-electron chi connectivity index (χ0n) is 8.59. The van der Waals surface area contributed by atoms with Gasteiger partial charge in [-0.1, -0.05) is 17.7 Å². The molecule has 2 N–H and O–H groups in total. The van der Waals surface area contributed by atoms with Crippen LogP contribution >= 0.6 is 11.6 Å². The smallest absolute Gasteiger partial charge is 0.252 e. The lowest BCUT2D eigenvalue weighted by atomic mass is 10.0. The van der Waals surface area contributed by atoms with Crippen LogP contribution in [-0.2, 0) is 0 Å². The van der Waals surface area contributed by atoms with Gasteiger partial charge in [0.15, 0.2) is 0 Å². The second kappa shape index (κ2) is 4.80. The Hall–Kier alpha value is -1.13. The molecule has 3 nitrogen and oxygen atoms in total. The summed E-state index contributed by atoms with van der Waals surface area (Å²) in [6.45, 7) is 2.42. The van der Waals surface area contributed by atoms with Gasteiger partial charge in [-0.3, -0.25) is 4.79 Å². The van der Waals surface area contributed by atoms with Crippen molar-refractivity contribution < 1.29 is 9.18 Å². The molecule has 1 aliphatic heterocycles. The number of benzene rings is 1. The summed E-state index contributed by atoms with van der Waals surface area (Å²) in [6, 6.07) is 4.22. The number of carbonyl (C=O) groups excluding carboxylic acids is 1. The minimum absolute atomic E-state index is 0.119. The topological polar surface area (TPSA) is 41.1 Å². The van der Waals surface area contributed by atoms with Gasteiger partial charge in [-0.25, -0.2) is 4.39 Å². The normalized spacial score (nSPS) is 15.6. The first-order valence-electron chi connectivity index (χ1n) is 5.11. The quantitative estimate of drug-likeness (QED) is 0.842. The molecule has 0 radical (unpaired) electrons. The zero-order chi connectivity index (χ0) is 11.5. The van der Waals surface area contributed by atoms with Gasteiger partial charge >= 0.3 is 0 Å². The number of carbonyl (C=O) groups is 1. The van der Waals surface area contributed by atoms with Crippen LogP contribution in [0.2, 0.25) is 5.02 Å². The van der Waals surface area contributed by atoms with E-state index in [0.717, 1.165) is 13.1 Å². The molecule has 0 bridgehead atoms. The molecule has 16 heavy (non-hydrogen) atoms. The molecule has 1 fully saturated rings. The van der Waals surface area contributed by atoms with E-state index in [9.17, 15) is 9.18 Å². The van der Waals surface area contributed by atoms with Crippen LogP contribution in [0.25, 0.3) is 0 Å². The Morgan fingerprint density at radius 1 is 1.56 bits per heavy atom. The summed E-state index contributed by atoms with van der Waals surface area (Å²) in [4.78, 5) is 11.7. The molecule has 1 aromatic rings. The molecule has 0 atom stereocenters. The van der Waals surface area contributed by atoms with Crippen molar-refractivity contribution in [1.29, 1.82) is 0 Å². The SMILES string of the molecule is O=C(NCC1CNC1)c1cccc(F)c1Cl. The van der Waals surface area contributed by atoms with Crippen LogP contribution in [0.1, 0.15) is 10.4 Å². The van der Waals surface area contributed by atoms with Gasteiger partial charge in [0.05, 0.1) is 10.6 Å². The predicted molar refractivity (Wildman–Crippen MR) is 60.1 cm³/mol. The van der Waals surface area contributed by atoms with Crippen LogP contribution in [0.3, 0.4) is 0 Å². The molecule has 1 aromatic carbocycles. The van der Waals surface area contributed by atoms with Crippen molar-refractivity contribution in [3.63, 3.8) is 0 Å². The molecule has 1 amide bonds. The number of hydrogen-bond acceptors (Lipinski definition) is 2. The fraction of sp³-hybridized carbons (Fsp3) is 0.364. The molecule has 0 unspecified atom stereocenters. The van der Waals surface area contributed by atoms with Crippen LogP contribution in [0.15, 0.2) is 18.2 Å². The predicted octanol–water partition coefficient (Wildman–Crippen LogP) is 1.43. The largest absolute Gasteiger partial charge is 0.352 e. The summed E-state index contributed by atoms with van der Waals surface area (Å²) in [5.74, 6) is -0.424. The standard InChI is InChI=1S/C11H12ClFN2O/c12-10-8(2-1-3-9(10)13)11(16)15-6-7-4-14-5-7/h1-3,7,14H,4-6H2,(H,15,16). The van der Waals surface area contributed by atoms with Crippen LogP contribution < -0.4 is 10.6 Å². The fourth-order valence-corrected chi connectivity index (χ4v) is 1.72. The Balaban J connectivity index is 1.99. The molecule has 86 valence electrons. The average molecular weight is 243 g/mol. The van der Waals surface area contributed by atoms with Gasteiger partial charge in [-0.05, 0) is 12.1 Å². The molecule has 0 aliphatic carbocycles. The van der Waals surface area contributed by atoms with E-state index in [-0.39, 0.29) is 16.5 Å². The van der Waals surface area contributed by atoms with Gasteiger partial charge in [0, 0.05) is 25.6 Å². The van der Waals surface area contributed by atoms with Crippen molar-refractivity contribution in [3.05, 3.63) is 34.6 Å². The third-order valence-corrected chi connectivity index (χ3v) is 3.00. The Kier molecular flexibility index (Phi) is 3.41. The summed E-state index contributed by atoms with van der Waals surface area (Å²) < 4.78 is 13.1. The Morgan fingerprint density at radius 3 is 2.94 bits per heavy atom. The van der Waals surface area contributed by atoms with Crippen molar-refractivity contribution >= 4 is 17.5 Å². The zero-order valence-corrected chi connectivity index (χ0v) is 9.35. The Morgan fingerprint density at radius 2 is 2.31 bits per heavy atom. The summed E-state index contributed by atoms with van der Waals surface area (Å²) in [5.41, 5.74) is 0.189. The lowest BCUT2D eigenvalue weighted by Crippen LogP contribution is -2.48. The number of rotatable bonds is 3. The highest BCUT2D eigenvalue weighted by atomic mass is 35.5. The Labute approximate surface area is 98.0 Å². The highest BCUT2D eigenvalue weighted by Gasteiger charge is 2.19. The summed E-state index contributed by atoms with van der Waals surface area (Å²) in [5, 5.41) is 5.73. The summed E-state index contributed by atoms with van der Waals surface area (Å²) in [6.07, 6.45) is 0. The van der Waals surface area contributed by atoms with E-state index in [1.54, 1.807) is 0 Å². The van der Waals surface area contributed by atoms with Crippen molar-refractivity contribution in [2.45, 2.75) is 0 Å². The number of nitrogens with one attached hydrogen (secondary N) is 2. The molecule has 0 spiro atoms. The first-order valence-corrected chi connectivity index (χ1v) is 5.49. The maximum Gasteiger partial charge on any atom is 0.252 e. The second-order valence-corrected chi connectivity index (χ2v) is 4.21. The van der Waals surface area contributed by atoms with Crippen LogP contribution in [0.5, 0.6) is 0 Å². The van der Waals surface area contributed by atoms with Gasteiger partial charge in [0.25, 0.3) is 5.91 Å². The van der Waals surface area contributed by atoms with Gasteiger partial charge in [-0.2, -0.15) is 0 Å². The van der Waals surface area contributed by atoms with Crippen molar-refractivity contribution in [3.8, 4) is 0 Å². The maximum absolute atomic E-state index is 13.1. The molecule has 1 aliphatic rings. The van der Waals surface area contributed by atoms with Gasteiger partial charge in [0.2, 0.25) is 0 Å². The van der Waals surface area contributed by atoms with E-state index in [4.69, 9.17) is 11.6 Å². The third kappa shape index (κ3) is 2.33. The van der Waals surface area contributed by atoms with Crippen LogP contribution in [-0.4, -0.2) is 25.5 Å². The molecular weight excluding hydrogens is 231 g/mol. The van der Waals surface area contributed by atoms with Gasteiger partial charge in [-0.15, -0.1) is 0 Å². The fourth-order valence-electron chi connectivity index (χ4n) is 1.50. The molecular formula is C11H12ClFN2O. The van der Waals surface area contributed by atoms with E-state index in [1.165, 1.54) is 18.2 Å². The molecule has 5 heteroatoms. The maximum atomic E-state index is 13.1. The molecule has 1 heterocycles. The third-order valence-electron chi connectivity index (χ3n) is 2.61. The monoisotopic (exact) mass is 242 g/mol. The highest BCUT2D eigenvalue weighted by molar-refractivity contribution is 6.34. The van der Waals surface area contributed by atoms with Crippen molar-refractivity contribution in [2.75, 3.05) is 19.6 Å². The highest BCUT2D eigenvalue weighted by Crippen LogP contribution is 2.19. The van der Waals surface area contributed by atoms with Crippen molar-refractivity contribution in [2.24, 2.45) is 5.92 Å². The molecule has 0 aromatic heterocycles. The average Bonchev–Trinajstić information content (AvgIpc) is 2.19. The first-order chi connectivity index (χ1) is 7.68. The second-order valence-electron chi connectivity index (χ2n) is 3.84. The minimum Gasteiger partial charge on any atom is -0.352 e. The van der Waals surface area contributed by atoms with Gasteiger partial charge < -0.3 is 10.6 Å². The molecule has 0 saturated carbocycles.